The summed E-state index contributed by atoms with van der Waals surface area (Å²) in [5.74, 6) is -0.480. The molecule has 2 rings (SSSR count). The molecule has 2 aromatic rings. The van der Waals surface area contributed by atoms with Gasteiger partial charge < -0.3 is 5.32 Å². The second kappa shape index (κ2) is 6.32. The van der Waals surface area contributed by atoms with Crippen molar-refractivity contribution in [1.82, 2.24) is 10.3 Å². The highest BCUT2D eigenvalue weighted by Crippen LogP contribution is 2.27. The molecule has 1 aromatic heterocycles. The van der Waals surface area contributed by atoms with Crippen LogP contribution in [0.25, 0.3) is 0 Å². The number of nitrogens with one attached hydrogen (secondary N) is 1. The molecule has 0 radical (unpaired) electrons. The molecule has 0 bridgehead atoms. The first-order chi connectivity index (χ1) is 9.99. The van der Waals surface area contributed by atoms with Gasteiger partial charge in [0, 0.05) is 11.8 Å². The fourth-order valence-corrected chi connectivity index (χ4v) is 2.08. The van der Waals surface area contributed by atoms with Crippen molar-refractivity contribution in [2.24, 2.45) is 0 Å². The van der Waals surface area contributed by atoms with Gasteiger partial charge in [0.05, 0.1) is 22.7 Å². The first-order valence-electron chi connectivity index (χ1n) is 6.12. The molecule has 0 unspecified atom stereocenters. The van der Waals surface area contributed by atoms with Crippen LogP contribution in [-0.2, 0) is 6.54 Å². The summed E-state index contributed by atoms with van der Waals surface area (Å²) >= 11 is 5.89. The number of carbonyl (C=O) groups is 1. The van der Waals surface area contributed by atoms with Crippen LogP contribution in [0.5, 0.6) is 0 Å². The summed E-state index contributed by atoms with van der Waals surface area (Å²) in [6.07, 6.45) is 0. The summed E-state index contributed by atoms with van der Waals surface area (Å²) in [5, 5.41) is 13.3. The van der Waals surface area contributed by atoms with Crippen LogP contribution in [0.2, 0.25) is 5.02 Å². The molecule has 0 aliphatic heterocycles. The van der Waals surface area contributed by atoms with Gasteiger partial charge in [-0.3, -0.25) is 19.9 Å². The zero-order chi connectivity index (χ0) is 15.4. The van der Waals surface area contributed by atoms with Crippen LogP contribution in [0.1, 0.15) is 21.7 Å². The average molecular weight is 306 g/mol. The lowest BCUT2D eigenvalue weighted by Gasteiger charge is -2.07. The van der Waals surface area contributed by atoms with Gasteiger partial charge in [-0.1, -0.05) is 23.7 Å². The Bertz CT molecular complexity index is 704. The molecule has 1 heterocycles. The second-order valence-electron chi connectivity index (χ2n) is 4.35. The summed E-state index contributed by atoms with van der Waals surface area (Å²) in [7, 11) is 0. The molecule has 0 saturated heterocycles. The van der Waals surface area contributed by atoms with Crippen LogP contribution < -0.4 is 5.32 Å². The Balaban J connectivity index is 2.14. The second-order valence-corrected chi connectivity index (χ2v) is 4.73. The lowest BCUT2D eigenvalue weighted by atomic mass is 10.2. The van der Waals surface area contributed by atoms with Crippen LogP contribution in [0.15, 0.2) is 36.4 Å². The maximum Gasteiger partial charge on any atom is 0.288 e. The average Bonchev–Trinajstić information content (AvgIpc) is 2.45. The highest BCUT2D eigenvalue weighted by Gasteiger charge is 2.19. The summed E-state index contributed by atoms with van der Waals surface area (Å²) in [4.78, 5) is 26.5. The number of halogens is 1. The molecule has 21 heavy (non-hydrogen) atoms. The van der Waals surface area contributed by atoms with E-state index in [1.54, 1.807) is 6.07 Å². The number of nitro benzene ring substituents is 1. The Hall–Kier alpha value is -2.47. The van der Waals surface area contributed by atoms with Gasteiger partial charge in [0.25, 0.3) is 11.6 Å². The molecule has 1 amide bonds. The van der Waals surface area contributed by atoms with Crippen molar-refractivity contribution >= 4 is 23.2 Å². The number of pyridine rings is 1. The molecule has 0 fully saturated rings. The van der Waals surface area contributed by atoms with Crippen molar-refractivity contribution in [2.75, 3.05) is 0 Å². The summed E-state index contributed by atoms with van der Waals surface area (Å²) in [5.41, 5.74) is 1.32. The van der Waals surface area contributed by atoms with Crippen LogP contribution in [0.4, 0.5) is 5.69 Å². The van der Waals surface area contributed by atoms with Crippen LogP contribution in [0.3, 0.4) is 0 Å². The Labute approximate surface area is 125 Å². The SMILES string of the molecule is Cc1cccc(CNC(=O)c2cccc([N+](=O)[O-])c2Cl)n1. The first-order valence-corrected chi connectivity index (χ1v) is 6.50. The zero-order valence-corrected chi connectivity index (χ0v) is 11.9. The maximum absolute atomic E-state index is 12.1. The van der Waals surface area contributed by atoms with E-state index in [1.807, 2.05) is 19.1 Å². The minimum Gasteiger partial charge on any atom is -0.346 e. The summed E-state index contributed by atoms with van der Waals surface area (Å²) in [6.45, 7) is 2.07. The van der Waals surface area contributed by atoms with Crippen molar-refractivity contribution in [3.63, 3.8) is 0 Å². The normalized spacial score (nSPS) is 10.2. The molecule has 108 valence electrons. The van der Waals surface area contributed by atoms with Crippen molar-refractivity contribution < 1.29 is 9.72 Å². The predicted molar refractivity (Wildman–Crippen MR) is 78.3 cm³/mol. The number of carbonyl (C=O) groups excluding carboxylic acids is 1. The maximum atomic E-state index is 12.1. The molecule has 0 saturated carbocycles. The number of nitro groups is 1. The van der Waals surface area contributed by atoms with Crippen molar-refractivity contribution in [3.05, 3.63) is 68.5 Å². The van der Waals surface area contributed by atoms with Gasteiger partial charge in [0.1, 0.15) is 5.02 Å². The van der Waals surface area contributed by atoms with Gasteiger partial charge in [0.2, 0.25) is 0 Å². The topological polar surface area (TPSA) is 85.1 Å². The van der Waals surface area contributed by atoms with Gasteiger partial charge in [-0.25, -0.2) is 0 Å². The molecular formula is C14H12ClN3O3. The van der Waals surface area contributed by atoms with Crippen LogP contribution >= 0.6 is 11.6 Å². The van der Waals surface area contributed by atoms with E-state index in [9.17, 15) is 14.9 Å². The number of hydrogen-bond donors (Lipinski definition) is 1. The van der Waals surface area contributed by atoms with Gasteiger partial charge in [-0.2, -0.15) is 0 Å². The van der Waals surface area contributed by atoms with E-state index >= 15 is 0 Å². The van der Waals surface area contributed by atoms with Gasteiger partial charge in [0.15, 0.2) is 0 Å². The van der Waals surface area contributed by atoms with E-state index in [-0.39, 0.29) is 22.8 Å². The van der Waals surface area contributed by atoms with Crippen LogP contribution in [0, 0.1) is 17.0 Å². The lowest BCUT2D eigenvalue weighted by Crippen LogP contribution is -2.23. The number of rotatable bonds is 4. The van der Waals surface area contributed by atoms with E-state index in [0.717, 1.165) is 5.69 Å². The molecule has 1 aromatic carbocycles. The molecule has 0 spiro atoms. The molecule has 0 aliphatic carbocycles. The lowest BCUT2D eigenvalue weighted by molar-refractivity contribution is -0.384. The zero-order valence-electron chi connectivity index (χ0n) is 11.2. The standard InChI is InChI=1S/C14H12ClN3O3/c1-9-4-2-5-10(17-9)8-16-14(19)11-6-3-7-12(13(11)15)18(20)21/h2-7H,8H2,1H3,(H,16,19). The number of amides is 1. The third kappa shape index (κ3) is 3.55. The van der Waals surface area contributed by atoms with E-state index in [0.29, 0.717) is 5.69 Å². The largest absolute Gasteiger partial charge is 0.346 e. The first kappa shape index (κ1) is 14.9. The summed E-state index contributed by atoms with van der Waals surface area (Å²) in [6, 6.07) is 9.58. The van der Waals surface area contributed by atoms with Gasteiger partial charge in [-0.15, -0.1) is 0 Å². The Morgan fingerprint density at radius 1 is 1.33 bits per heavy atom. The van der Waals surface area contributed by atoms with Gasteiger partial charge in [-0.05, 0) is 25.1 Å². The molecule has 0 aliphatic rings. The number of aryl methyl sites for hydroxylation is 1. The fourth-order valence-electron chi connectivity index (χ4n) is 1.80. The summed E-state index contributed by atoms with van der Waals surface area (Å²) < 4.78 is 0. The van der Waals surface area contributed by atoms with Crippen molar-refractivity contribution in [2.45, 2.75) is 13.5 Å². The number of benzene rings is 1. The van der Waals surface area contributed by atoms with Gasteiger partial charge >= 0.3 is 0 Å². The number of hydrogen-bond acceptors (Lipinski definition) is 4. The van der Waals surface area contributed by atoms with Crippen LogP contribution in [-0.4, -0.2) is 15.8 Å². The van der Waals surface area contributed by atoms with E-state index in [1.165, 1.54) is 18.2 Å². The number of aromatic nitrogens is 1. The quantitative estimate of drug-likeness (QED) is 0.695. The fraction of sp³-hybridized carbons (Fsp3) is 0.143. The highest BCUT2D eigenvalue weighted by atomic mass is 35.5. The predicted octanol–water partition coefficient (Wildman–Crippen LogP) is 2.88. The minimum atomic E-state index is -0.624. The molecule has 1 N–H and O–H groups in total. The number of nitrogens with zero attached hydrogens (tertiary/aromatic N) is 2. The molecular weight excluding hydrogens is 294 g/mol. The van der Waals surface area contributed by atoms with E-state index in [4.69, 9.17) is 11.6 Å². The molecule has 0 atom stereocenters. The Morgan fingerprint density at radius 2 is 2.05 bits per heavy atom. The monoisotopic (exact) mass is 305 g/mol. The minimum absolute atomic E-state index is 0.0681. The highest BCUT2D eigenvalue weighted by molar-refractivity contribution is 6.35. The Morgan fingerprint density at radius 3 is 2.71 bits per heavy atom. The third-order valence-electron chi connectivity index (χ3n) is 2.80. The van der Waals surface area contributed by atoms with Crippen molar-refractivity contribution in [1.29, 1.82) is 0 Å². The third-order valence-corrected chi connectivity index (χ3v) is 3.19. The Kier molecular flexibility index (Phi) is 4.49. The van der Waals surface area contributed by atoms with Crippen molar-refractivity contribution in [3.8, 4) is 0 Å². The molecule has 6 nitrogen and oxygen atoms in total. The molecule has 7 heteroatoms. The van der Waals surface area contributed by atoms with E-state index < -0.39 is 10.8 Å². The van der Waals surface area contributed by atoms with E-state index in [2.05, 4.69) is 10.3 Å². The smallest absolute Gasteiger partial charge is 0.288 e.